The standard InChI is InChI=1S/C49H36N4O/c1-2-11-34-13-3-4-14-35(34)23-22-33-12-9-18-42(30-33)47-51-46(37-25-27-38(28-26-37)49-50-44-20-7-8-21-45(44)54-49)52-48(53-47)43-19-10-17-40(32-43)41-29-24-36-15-5-6-16-39(36)31-41/h2-21,23-32,48H,1,22H2,(H,51,52,53)/b34-11-,35-23-. The predicted octanol–water partition coefficient (Wildman–Crippen LogP) is 9.80. The van der Waals surface area contributed by atoms with Gasteiger partial charge in [-0.2, -0.15) is 0 Å². The highest BCUT2D eigenvalue weighted by molar-refractivity contribution is 6.16. The Labute approximate surface area is 313 Å². The summed E-state index contributed by atoms with van der Waals surface area (Å²) in [5.41, 5.74) is 8.93. The number of aromatic nitrogens is 1. The molecule has 8 aromatic rings. The number of fused-ring (bicyclic) bond motifs is 2. The van der Waals surface area contributed by atoms with E-state index in [0.717, 1.165) is 67.8 Å². The van der Waals surface area contributed by atoms with E-state index in [4.69, 9.17) is 19.4 Å². The number of hydrogen-bond acceptors (Lipinski definition) is 5. The number of oxazole rings is 1. The molecule has 54 heavy (non-hydrogen) atoms. The summed E-state index contributed by atoms with van der Waals surface area (Å²) < 4.78 is 6.05. The first-order valence-corrected chi connectivity index (χ1v) is 18.1. The number of rotatable bonds is 8. The Balaban J connectivity index is 1.08. The van der Waals surface area contributed by atoms with Crippen molar-refractivity contribution in [1.82, 2.24) is 10.3 Å². The maximum atomic E-state index is 6.05. The van der Waals surface area contributed by atoms with Gasteiger partial charge in [0.15, 0.2) is 11.7 Å². The van der Waals surface area contributed by atoms with E-state index in [-0.39, 0.29) is 0 Å². The molecule has 0 fully saturated rings. The SMILES string of the molecule is C=C/C=c1/cccc/c1=C/Cc1cccc(C2=NC(c3cccc(-c4ccc5ccccc5c4)c3)N=C(c3ccc(-c4nc5ccccc5o4)cc3)N2)c1. The van der Waals surface area contributed by atoms with Crippen LogP contribution in [0.25, 0.3) is 56.6 Å². The first-order chi connectivity index (χ1) is 26.7. The van der Waals surface area contributed by atoms with Gasteiger partial charge in [-0.1, -0.05) is 146 Å². The molecule has 0 saturated heterocycles. The van der Waals surface area contributed by atoms with Crippen molar-refractivity contribution in [3.05, 3.63) is 209 Å². The molecule has 9 rings (SSSR count). The average Bonchev–Trinajstić information content (AvgIpc) is 3.68. The molecule has 5 nitrogen and oxygen atoms in total. The van der Waals surface area contributed by atoms with E-state index in [1.165, 1.54) is 21.6 Å². The maximum absolute atomic E-state index is 6.05. The fourth-order valence-electron chi connectivity index (χ4n) is 6.96. The van der Waals surface area contributed by atoms with Crippen LogP contribution in [0.5, 0.6) is 0 Å². The highest BCUT2D eigenvalue weighted by atomic mass is 16.3. The van der Waals surface area contributed by atoms with Gasteiger partial charge in [0.2, 0.25) is 5.89 Å². The van der Waals surface area contributed by atoms with E-state index in [2.05, 4.69) is 145 Å². The van der Waals surface area contributed by atoms with Crippen molar-refractivity contribution in [3.63, 3.8) is 0 Å². The lowest BCUT2D eigenvalue weighted by Crippen LogP contribution is -2.36. The highest BCUT2D eigenvalue weighted by Gasteiger charge is 2.22. The third kappa shape index (κ3) is 6.79. The van der Waals surface area contributed by atoms with E-state index >= 15 is 0 Å². The van der Waals surface area contributed by atoms with Crippen LogP contribution in [0.2, 0.25) is 0 Å². The molecule has 1 aromatic heterocycles. The minimum atomic E-state index is -0.454. The second-order valence-corrected chi connectivity index (χ2v) is 13.3. The van der Waals surface area contributed by atoms with Gasteiger partial charge in [-0.25, -0.2) is 15.0 Å². The summed E-state index contributed by atoms with van der Waals surface area (Å²) >= 11 is 0. The van der Waals surface area contributed by atoms with Gasteiger partial charge in [0, 0.05) is 16.7 Å². The summed E-state index contributed by atoms with van der Waals surface area (Å²) in [6.07, 6.45) is 6.45. The monoisotopic (exact) mass is 696 g/mol. The number of para-hydroxylation sites is 2. The van der Waals surface area contributed by atoms with E-state index < -0.39 is 6.17 Å². The molecule has 2 heterocycles. The zero-order valence-corrected chi connectivity index (χ0v) is 29.6. The Morgan fingerprint density at radius 2 is 1.26 bits per heavy atom. The predicted molar refractivity (Wildman–Crippen MR) is 223 cm³/mol. The number of nitrogens with one attached hydrogen (secondary N) is 1. The molecule has 0 saturated carbocycles. The van der Waals surface area contributed by atoms with Gasteiger partial charge in [-0.05, 0) is 92.3 Å². The van der Waals surface area contributed by atoms with E-state index in [1.807, 2.05) is 48.6 Å². The lowest BCUT2D eigenvalue weighted by molar-refractivity contribution is 0.620. The summed E-state index contributed by atoms with van der Waals surface area (Å²) in [5.74, 6) is 2.10. The van der Waals surface area contributed by atoms with Gasteiger partial charge >= 0.3 is 0 Å². The Morgan fingerprint density at radius 1 is 0.574 bits per heavy atom. The minimum absolute atomic E-state index is 0.454. The van der Waals surface area contributed by atoms with Crippen LogP contribution in [0.1, 0.15) is 28.4 Å². The third-order valence-electron chi connectivity index (χ3n) is 9.76. The Bertz CT molecular complexity index is 2830. The largest absolute Gasteiger partial charge is 0.436 e. The van der Waals surface area contributed by atoms with Crippen LogP contribution in [0, 0.1) is 0 Å². The summed E-state index contributed by atoms with van der Waals surface area (Å²) in [6.45, 7) is 3.89. The van der Waals surface area contributed by atoms with Crippen LogP contribution in [0.3, 0.4) is 0 Å². The number of allylic oxidation sites excluding steroid dienone is 1. The number of aliphatic imine (C=N–C) groups is 2. The molecule has 0 radical (unpaired) electrons. The molecule has 1 aliphatic rings. The van der Waals surface area contributed by atoms with Crippen molar-refractivity contribution in [2.45, 2.75) is 12.6 Å². The van der Waals surface area contributed by atoms with Gasteiger partial charge in [0.1, 0.15) is 17.2 Å². The molecule has 1 atom stereocenters. The first kappa shape index (κ1) is 32.8. The number of amidine groups is 2. The van der Waals surface area contributed by atoms with Crippen molar-refractivity contribution in [3.8, 4) is 22.6 Å². The van der Waals surface area contributed by atoms with Crippen molar-refractivity contribution in [2.75, 3.05) is 0 Å². The van der Waals surface area contributed by atoms with Crippen molar-refractivity contribution >= 4 is 45.7 Å². The molecule has 7 aromatic carbocycles. The number of nitrogens with zero attached hydrogens (tertiary/aromatic N) is 3. The maximum Gasteiger partial charge on any atom is 0.227 e. The topological polar surface area (TPSA) is 62.8 Å². The highest BCUT2D eigenvalue weighted by Crippen LogP contribution is 2.31. The van der Waals surface area contributed by atoms with Crippen LogP contribution in [0.4, 0.5) is 0 Å². The molecule has 1 unspecified atom stereocenters. The molecule has 5 heteroatoms. The van der Waals surface area contributed by atoms with Crippen LogP contribution >= 0.6 is 0 Å². The molecule has 1 N–H and O–H groups in total. The molecule has 0 amide bonds. The fraction of sp³-hybridized carbons (Fsp3) is 0.0408. The van der Waals surface area contributed by atoms with Crippen LogP contribution in [0.15, 0.2) is 191 Å². The zero-order chi connectivity index (χ0) is 36.3. The molecule has 258 valence electrons. The summed E-state index contributed by atoms with van der Waals surface area (Å²) in [6, 6.07) is 56.6. The van der Waals surface area contributed by atoms with Gasteiger partial charge in [0.05, 0.1) is 0 Å². The van der Waals surface area contributed by atoms with Crippen LogP contribution < -0.4 is 15.8 Å². The van der Waals surface area contributed by atoms with E-state index in [1.54, 1.807) is 0 Å². The summed E-state index contributed by atoms with van der Waals surface area (Å²) in [4.78, 5) is 15.1. The quantitative estimate of drug-likeness (QED) is 0.172. The summed E-state index contributed by atoms with van der Waals surface area (Å²) in [7, 11) is 0. The molecule has 1 aliphatic heterocycles. The molecule has 0 aliphatic carbocycles. The van der Waals surface area contributed by atoms with Gasteiger partial charge in [0.25, 0.3) is 0 Å². The lowest BCUT2D eigenvalue weighted by atomic mass is 9.99. The number of benzene rings is 7. The fourth-order valence-corrected chi connectivity index (χ4v) is 6.96. The van der Waals surface area contributed by atoms with E-state index in [0.29, 0.717) is 5.89 Å². The second-order valence-electron chi connectivity index (χ2n) is 13.3. The smallest absolute Gasteiger partial charge is 0.227 e. The zero-order valence-electron chi connectivity index (χ0n) is 29.6. The lowest BCUT2D eigenvalue weighted by Gasteiger charge is -2.23. The van der Waals surface area contributed by atoms with Gasteiger partial charge < -0.3 is 9.73 Å². The Kier molecular flexibility index (Phi) is 8.79. The summed E-state index contributed by atoms with van der Waals surface area (Å²) in [5, 5.41) is 8.36. The Morgan fingerprint density at radius 3 is 2.11 bits per heavy atom. The van der Waals surface area contributed by atoms with Gasteiger partial charge in [-0.3, -0.25) is 0 Å². The van der Waals surface area contributed by atoms with Crippen molar-refractivity contribution in [1.29, 1.82) is 0 Å². The normalized spacial score (nSPS) is 14.9. The average molecular weight is 697 g/mol. The van der Waals surface area contributed by atoms with E-state index in [9.17, 15) is 0 Å². The second kappa shape index (κ2) is 14.5. The Hall–Kier alpha value is -7.11. The van der Waals surface area contributed by atoms with Crippen molar-refractivity contribution < 1.29 is 4.42 Å². The van der Waals surface area contributed by atoms with Crippen molar-refractivity contribution in [2.24, 2.45) is 9.98 Å². The minimum Gasteiger partial charge on any atom is -0.436 e. The molecular weight excluding hydrogens is 661 g/mol. The van der Waals surface area contributed by atoms with Crippen LogP contribution in [-0.4, -0.2) is 16.7 Å². The van der Waals surface area contributed by atoms with Crippen LogP contribution in [-0.2, 0) is 6.42 Å². The molecule has 0 bridgehead atoms. The molecular formula is C49H36N4O. The first-order valence-electron chi connectivity index (χ1n) is 18.1. The number of hydrogen-bond donors (Lipinski definition) is 1. The molecule has 0 spiro atoms. The van der Waals surface area contributed by atoms with Gasteiger partial charge in [-0.15, -0.1) is 0 Å². The third-order valence-corrected chi connectivity index (χ3v) is 9.76.